The molecular weight excluding hydrogens is 380 g/mol. The summed E-state index contributed by atoms with van der Waals surface area (Å²) in [4.78, 5) is 25.1. The Balaban J connectivity index is 1.77. The SMILES string of the molecule is COc1ccc(OC)c(C(=O)C=Cc2cccc(OC(=O)c3ccccc3C)c2)c1. The van der Waals surface area contributed by atoms with Crippen LogP contribution in [-0.4, -0.2) is 26.0 Å². The van der Waals surface area contributed by atoms with Crippen molar-refractivity contribution in [2.24, 2.45) is 0 Å². The Morgan fingerprint density at radius 2 is 1.60 bits per heavy atom. The molecule has 0 aliphatic heterocycles. The number of methoxy groups -OCH3 is 2. The molecule has 0 saturated carbocycles. The summed E-state index contributed by atoms with van der Waals surface area (Å²) in [6, 6.07) is 19.3. The van der Waals surface area contributed by atoms with Crippen LogP contribution in [0.4, 0.5) is 0 Å². The summed E-state index contributed by atoms with van der Waals surface area (Å²) in [5.41, 5.74) is 2.48. The lowest BCUT2D eigenvalue weighted by Gasteiger charge is -2.08. The first-order chi connectivity index (χ1) is 14.5. The fourth-order valence-corrected chi connectivity index (χ4v) is 2.91. The second-order valence-corrected chi connectivity index (χ2v) is 6.54. The number of hydrogen-bond acceptors (Lipinski definition) is 5. The van der Waals surface area contributed by atoms with Gasteiger partial charge in [0.2, 0.25) is 0 Å². The van der Waals surface area contributed by atoms with Gasteiger partial charge in [-0.3, -0.25) is 4.79 Å². The van der Waals surface area contributed by atoms with Crippen LogP contribution in [0.15, 0.2) is 72.8 Å². The molecular formula is C25H22O5. The van der Waals surface area contributed by atoms with E-state index in [2.05, 4.69) is 0 Å². The number of allylic oxidation sites excluding steroid dienone is 1. The van der Waals surface area contributed by atoms with E-state index in [0.717, 1.165) is 11.1 Å². The minimum Gasteiger partial charge on any atom is -0.497 e. The molecule has 152 valence electrons. The standard InChI is InChI=1S/C25H22O5/c1-17-7-4-5-10-21(17)25(27)30-20-9-6-8-18(15-20)11-13-23(26)22-16-19(28-2)12-14-24(22)29-3/h4-16H,1-3H3. The molecule has 3 aromatic rings. The molecule has 0 aliphatic carbocycles. The number of ether oxygens (including phenoxy) is 3. The van der Waals surface area contributed by atoms with Gasteiger partial charge in [0.1, 0.15) is 17.2 Å². The topological polar surface area (TPSA) is 61.8 Å². The zero-order valence-electron chi connectivity index (χ0n) is 17.0. The van der Waals surface area contributed by atoms with E-state index in [9.17, 15) is 9.59 Å². The number of rotatable bonds is 7. The highest BCUT2D eigenvalue weighted by molar-refractivity contribution is 6.09. The van der Waals surface area contributed by atoms with Crippen molar-refractivity contribution in [3.8, 4) is 17.2 Å². The monoisotopic (exact) mass is 402 g/mol. The molecule has 0 aromatic heterocycles. The Morgan fingerprint density at radius 3 is 2.33 bits per heavy atom. The molecule has 5 heteroatoms. The van der Waals surface area contributed by atoms with E-state index in [1.165, 1.54) is 20.3 Å². The van der Waals surface area contributed by atoms with Crippen LogP contribution in [0.2, 0.25) is 0 Å². The van der Waals surface area contributed by atoms with Gasteiger partial charge in [-0.15, -0.1) is 0 Å². The number of benzene rings is 3. The van der Waals surface area contributed by atoms with Crippen LogP contribution in [0, 0.1) is 6.92 Å². The van der Waals surface area contributed by atoms with Gasteiger partial charge in [-0.1, -0.05) is 36.4 Å². The van der Waals surface area contributed by atoms with Gasteiger partial charge in [0.25, 0.3) is 0 Å². The predicted molar refractivity (Wildman–Crippen MR) is 115 cm³/mol. The number of ketones is 1. The summed E-state index contributed by atoms with van der Waals surface area (Å²) in [7, 11) is 3.05. The average Bonchev–Trinajstić information content (AvgIpc) is 2.77. The molecule has 0 heterocycles. The highest BCUT2D eigenvalue weighted by Gasteiger charge is 2.12. The molecule has 0 unspecified atom stereocenters. The van der Waals surface area contributed by atoms with Crippen LogP contribution in [0.1, 0.15) is 31.8 Å². The van der Waals surface area contributed by atoms with Crippen molar-refractivity contribution in [3.63, 3.8) is 0 Å². The van der Waals surface area contributed by atoms with Crippen molar-refractivity contribution in [1.29, 1.82) is 0 Å². The maximum Gasteiger partial charge on any atom is 0.343 e. The van der Waals surface area contributed by atoms with E-state index in [0.29, 0.717) is 28.4 Å². The molecule has 0 bridgehead atoms. The van der Waals surface area contributed by atoms with E-state index in [1.807, 2.05) is 25.1 Å². The van der Waals surface area contributed by atoms with Gasteiger partial charge in [-0.25, -0.2) is 4.79 Å². The quantitative estimate of drug-likeness (QED) is 0.237. The third-order valence-electron chi connectivity index (χ3n) is 4.53. The molecule has 0 saturated heterocycles. The first kappa shape index (κ1) is 20.9. The van der Waals surface area contributed by atoms with Crippen LogP contribution >= 0.6 is 0 Å². The number of aryl methyl sites for hydroxylation is 1. The summed E-state index contributed by atoms with van der Waals surface area (Å²) in [5.74, 6) is 0.778. The summed E-state index contributed by atoms with van der Waals surface area (Å²) in [6.45, 7) is 1.86. The first-order valence-electron chi connectivity index (χ1n) is 9.34. The minimum atomic E-state index is -0.425. The third kappa shape index (κ3) is 4.94. The summed E-state index contributed by atoms with van der Waals surface area (Å²) in [6.07, 6.45) is 3.10. The van der Waals surface area contributed by atoms with E-state index in [1.54, 1.807) is 54.6 Å². The zero-order valence-corrected chi connectivity index (χ0v) is 17.0. The van der Waals surface area contributed by atoms with Crippen LogP contribution in [-0.2, 0) is 0 Å². The summed E-state index contributed by atoms with van der Waals surface area (Å²) >= 11 is 0. The first-order valence-corrected chi connectivity index (χ1v) is 9.34. The molecule has 0 radical (unpaired) electrons. The van der Waals surface area contributed by atoms with Gasteiger partial charge in [-0.2, -0.15) is 0 Å². The number of hydrogen-bond donors (Lipinski definition) is 0. The van der Waals surface area contributed by atoms with Crippen molar-refractivity contribution in [1.82, 2.24) is 0 Å². The van der Waals surface area contributed by atoms with Crippen LogP contribution in [0.5, 0.6) is 17.2 Å². The normalized spacial score (nSPS) is 10.6. The Kier molecular flexibility index (Phi) is 6.65. The largest absolute Gasteiger partial charge is 0.497 e. The van der Waals surface area contributed by atoms with Gasteiger partial charge >= 0.3 is 5.97 Å². The zero-order chi connectivity index (χ0) is 21.5. The highest BCUT2D eigenvalue weighted by Crippen LogP contribution is 2.25. The van der Waals surface area contributed by atoms with E-state index in [4.69, 9.17) is 14.2 Å². The van der Waals surface area contributed by atoms with Crippen molar-refractivity contribution < 1.29 is 23.8 Å². The van der Waals surface area contributed by atoms with E-state index < -0.39 is 5.97 Å². The molecule has 0 spiro atoms. The lowest BCUT2D eigenvalue weighted by molar-refractivity contribution is 0.0733. The van der Waals surface area contributed by atoms with Gasteiger partial charge in [0, 0.05) is 0 Å². The second kappa shape index (κ2) is 9.56. The minimum absolute atomic E-state index is 0.229. The maximum atomic E-state index is 12.6. The molecule has 0 N–H and O–H groups in total. The van der Waals surface area contributed by atoms with Crippen molar-refractivity contribution in [2.45, 2.75) is 6.92 Å². The molecule has 0 atom stereocenters. The van der Waals surface area contributed by atoms with Crippen LogP contribution in [0.3, 0.4) is 0 Å². The summed E-state index contributed by atoms with van der Waals surface area (Å²) in [5, 5.41) is 0. The van der Waals surface area contributed by atoms with Gasteiger partial charge in [-0.05, 0) is 60.5 Å². The van der Waals surface area contributed by atoms with Crippen molar-refractivity contribution in [3.05, 3.63) is 95.1 Å². The Morgan fingerprint density at radius 1 is 0.800 bits per heavy atom. The molecule has 3 rings (SSSR count). The van der Waals surface area contributed by atoms with Crippen LogP contribution < -0.4 is 14.2 Å². The Bertz CT molecular complexity index is 1100. The molecule has 5 nitrogen and oxygen atoms in total. The number of carbonyl (C=O) groups is 2. The van der Waals surface area contributed by atoms with Gasteiger partial charge in [0.15, 0.2) is 5.78 Å². The van der Waals surface area contributed by atoms with Crippen molar-refractivity contribution >= 4 is 17.8 Å². The molecule has 0 aliphatic rings. The Labute approximate surface area is 175 Å². The van der Waals surface area contributed by atoms with Gasteiger partial charge in [0.05, 0.1) is 25.3 Å². The number of esters is 1. The van der Waals surface area contributed by atoms with Crippen molar-refractivity contribution in [2.75, 3.05) is 14.2 Å². The Hall–Kier alpha value is -3.86. The third-order valence-corrected chi connectivity index (χ3v) is 4.53. The van der Waals surface area contributed by atoms with E-state index >= 15 is 0 Å². The fraction of sp³-hybridized carbons (Fsp3) is 0.120. The molecule has 30 heavy (non-hydrogen) atoms. The highest BCUT2D eigenvalue weighted by atomic mass is 16.5. The predicted octanol–water partition coefficient (Wildman–Crippen LogP) is 5.13. The summed E-state index contributed by atoms with van der Waals surface area (Å²) < 4.78 is 15.9. The lowest BCUT2D eigenvalue weighted by Crippen LogP contribution is -2.10. The second-order valence-electron chi connectivity index (χ2n) is 6.54. The van der Waals surface area contributed by atoms with Crippen LogP contribution in [0.25, 0.3) is 6.08 Å². The smallest absolute Gasteiger partial charge is 0.343 e. The fourth-order valence-electron chi connectivity index (χ4n) is 2.91. The number of carbonyl (C=O) groups excluding carboxylic acids is 2. The van der Waals surface area contributed by atoms with E-state index in [-0.39, 0.29) is 5.78 Å². The average molecular weight is 402 g/mol. The molecule has 0 amide bonds. The molecule has 3 aromatic carbocycles. The lowest BCUT2D eigenvalue weighted by atomic mass is 10.1. The molecule has 0 fully saturated rings. The van der Waals surface area contributed by atoms with Gasteiger partial charge < -0.3 is 14.2 Å². The maximum absolute atomic E-state index is 12.6.